The van der Waals surface area contributed by atoms with Crippen LogP contribution in [0.1, 0.15) is 47.7 Å². The molecule has 1 aliphatic rings. The summed E-state index contributed by atoms with van der Waals surface area (Å²) < 4.78 is 38.6. The molecular formula is C28H25F3N2O4. The molecule has 0 radical (unpaired) electrons. The molecule has 4 rings (SSSR count). The number of amides is 2. The molecule has 0 saturated heterocycles. The second-order valence-corrected chi connectivity index (χ2v) is 9.14. The molecule has 0 aliphatic heterocycles. The van der Waals surface area contributed by atoms with Gasteiger partial charge in [-0.2, -0.15) is 13.2 Å². The molecule has 3 aromatic carbocycles. The number of carbonyl (C=O) groups is 3. The van der Waals surface area contributed by atoms with Gasteiger partial charge < -0.3 is 15.7 Å². The van der Waals surface area contributed by atoms with Crippen molar-refractivity contribution in [1.82, 2.24) is 0 Å². The summed E-state index contributed by atoms with van der Waals surface area (Å²) in [6.45, 7) is 1.84. The highest BCUT2D eigenvalue weighted by atomic mass is 19.4. The third-order valence-corrected chi connectivity index (χ3v) is 6.79. The molecule has 1 aliphatic carbocycles. The van der Waals surface area contributed by atoms with Gasteiger partial charge in [-0.3, -0.25) is 9.59 Å². The number of ketones is 1. The molecular weight excluding hydrogens is 485 g/mol. The van der Waals surface area contributed by atoms with Crippen LogP contribution in [-0.4, -0.2) is 22.9 Å². The maximum Gasteiger partial charge on any atom is 0.416 e. The van der Waals surface area contributed by atoms with E-state index in [1.54, 1.807) is 30.3 Å². The Balaban J connectivity index is 1.45. The lowest BCUT2D eigenvalue weighted by Crippen LogP contribution is -2.37. The molecule has 3 aromatic rings. The van der Waals surface area contributed by atoms with Gasteiger partial charge in [-0.25, -0.2) is 4.79 Å². The first-order valence-corrected chi connectivity index (χ1v) is 11.8. The van der Waals surface area contributed by atoms with E-state index in [4.69, 9.17) is 0 Å². The predicted molar refractivity (Wildman–Crippen MR) is 134 cm³/mol. The lowest BCUT2D eigenvalue weighted by molar-refractivity contribution is -0.139. The number of aryl methyl sites for hydroxylation is 1. The van der Waals surface area contributed by atoms with Gasteiger partial charge in [0.1, 0.15) is 0 Å². The quantitative estimate of drug-likeness (QED) is 0.332. The highest BCUT2D eigenvalue weighted by Crippen LogP contribution is 2.42. The van der Waals surface area contributed by atoms with Crippen LogP contribution in [-0.2, 0) is 17.4 Å². The number of fused-ring (bicyclic) bond motifs is 1. The summed E-state index contributed by atoms with van der Waals surface area (Å²) in [7, 11) is 0. The lowest BCUT2D eigenvalue weighted by Gasteiger charge is -2.35. The van der Waals surface area contributed by atoms with Crippen molar-refractivity contribution >= 4 is 29.2 Å². The Kier molecular flexibility index (Phi) is 7.07. The van der Waals surface area contributed by atoms with Crippen molar-refractivity contribution in [2.45, 2.75) is 38.8 Å². The average Bonchev–Trinajstić information content (AvgIpc) is 2.85. The van der Waals surface area contributed by atoms with Gasteiger partial charge in [-0.15, -0.1) is 0 Å². The Morgan fingerprint density at radius 1 is 0.946 bits per heavy atom. The van der Waals surface area contributed by atoms with E-state index < -0.39 is 29.2 Å². The minimum Gasteiger partial charge on any atom is -0.481 e. The van der Waals surface area contributed by atoms with E-state index >= 15 is 0 Å². The summed E-state index contributed by atoms with van der Waals surface area (Å²) in [4.78, 5) is 36.7. The molecule has 0 heterocycles. The van der Waals surface area contributed by atoms with Gasteiger partial charge in [0, 0.05) is 22.4 Å². The molecule has 0 spiro atoms. The number of alkyl halides is 3. The van der Waals surface area contributed by atoms with Gasteiger partial charge >= 0.3 is 18.2 Å². The van der Waals surface area contributed by atoms with Crippen LogP contribution in [0.15, 0.2) is 66.7 Å². The van der Waals surface area contributed by atoms with E-state index in [-0.39, 0.29) is 17.9 Å². The van der Waals surface area contributed by atoms with E-state index in [0.717, 1.165) is 28.8 Å². The molecule has 3 N–H and O–H groups in total. The first-order chi connectivity index (χ1) is 17.5. The van der Waals surface area contributed by atoms with Crippen molar-refractivity contribution in [3.05, 3.63) is 83.4 Å². The normalized spacial score (nSPS) is 17.1. The summed E-state index contributed by atoms with van der Waals surface area (Å²) in [5, 5.41) is 14.3. The summed E-state index contributed by atoms with van der Waals surface area (Å²) in [5.74, 6) is -1.11. The monoisotopic (exact) mass is 510 g/mol. The average molecular weight is 511 g/mol. The molecule has 2 amide bonds. The van der Waals surface area contributed by atoms with Crippen molar-refractivity contribution in [1.29, 1.82) is 0 Å². The number of hydrogen-bond donors (Lipinski definition) is 3. The molecule has 9 heteroatoms. The minimum atomic E-state index is -4.51. The van der Waals surface area contributed by atoms with Crippen LogP contribution in [0, 0.1) is 5.41 Å². The highest BCUT2D eigenvalue weighted by Gasteiger charge is 2.42. The van der Waals surface area contributed by atoms with Gasteiger partial charge in [-0.1, -0.05) is 43.3 Å². The number of Topliss-reactive ketones (excluding diaryl/α,β-unsaturated/α-hetero) is 1. The standard InChI is InChI=1S/C28H25F3N2O4/c1-2-27(16-24(34)35)13-12-19-14-18(8-11-23(19)25(27)36)17-6-9-21(10-7-17)32-26(37)33-22-5-3-4-20(15-22)28(29,30)31/h3-11,14-15H,2,12-13,16H2,1H3,(H,34,35)(H2,32,33,37)/t27-/m0/s1. The number of carboxylic acid groups (broad SMARTS) is 1. The van der Waals surface area contributed by atoms with E-state index in [1.165, 1.54) is 12.1 Å². The number of urea groups is 1. The number of carbonyl (C=O) groups excluding carboxylic acids is 2. The number of benzene rings is 3. The third kappa shape index (κ3) is 5.66. The van der Waals surface area contributed by atoms with Crippen LogP contribution in [0.2, 0.25) is 0 Å². The minimum absolute atomic E-state index is 0.0167. The number of rotatable bonds is 6. The number of anilines is 2. The van der Waals surface area contributed by atoms with Crippen LogP contribution in [0.5, 0.6) is 0 Å². The summed E-state index contributed by atoms with van der Waals surface area (Å²) in [6, 6.07) is 16.1. The fourth-order valence-electron chi connectivity index (χ4n) is 4.71. The Morgan fingerprint density at radius 2 is 1.62 bits per heavy atom. The molecule has 0 aromatic heterocycles. The van der Waals surface area contributed by atoms with Crippen molar-refractivity contribution in [2.75, 3.05) is 10.6 Å². The Hall–Kier alpha value is -4.14. The maximum absolute atomic E-state index is 13.1. The van der Waals surface area contributed by atoms with E-state index in [9.17, 15) is 32.7 Å². The predicted octanol–water partition coefficient (Wildman–Crippen LogP) is 7.02. The molecule has 0 fully saturated rings. The fraction of sp³-hybridized carbons (Fsp3) is 0.250. The Morgan fingerprint density at radius 3 is 2.27 bits per heavy atom. The lowest BCUT2D eigenvalue weighted by atomic mass is 9.67. The molecule has 0 bridgehead atoms. The van der Waals surface area contributed by atoms with Crippen LogP contribution in [0.25, 0.3) is 11.1 Å². The van der Waals surface area contributed by atoms with E-state index in [2.05, 4.69) is 10.6 Å². The van der Waals surface area contributed by atoms with Gasteiger partial charge in [0.2, 0.25) is 0 Å². The summed E-state index contributed by atoms with van der Waals surface area (Å²) >= 11 is 0. The Bertz CT molecular complexity index is 1350. The maximum atomic E-state index is 13.1. The smallest absolute Gasteiger partial charge is 0.416 e. The zero-order chi connectivity index (χ0) is 26.8. The number of nitrogens with one attached hydrogen (secondary N) is 2. The Labute approximate surface area is 211 Å². The highest BCUT2D eigenvalue weighted by molar-refractivity contribution is 6.04. The van der Waals surface area contributed by atoms with Gasteiger partial charge in [0.05, 0.1) is 12.0 Å². The fourth-order valence-corrected chi connectivity index (χ4v) is 4.71. The van der Waals surface area contributed by atoms with Gasteiger partial charge in [0.15, 0.2) is 5.78 Å². The van der Waals surface area contributed by atoms with Gasteiger partial charge in [-0.05, 0) is 66.3 Å². The number of carboxylic acids is 1. The summed E-state index contributed by atoms with van der Waals surface area (Å²) in [6.07, 6.45) is -3.14. The summed E-state index contributed by atoms with van der Waals surface area (Å²) in [5.41, 5.74) is 1.88. The largest absolute Gasteiger partial charge is 0.481 e. The first kappa shape index (κ1) is 25.9. The van der Waals surface area contributed by atoms with E-state index in [1.807, 2.05) is 19.1 Å². The topological polar surface area (TPSA) is 95.5 Å². The first-order valence-electron chi connectivity index (χ1n) is 11.8. The molecule has 192 valence electrons. The molecule has 1 atom stereocenters. The third-order valence-electron chi connectivity index (χ3n) is 6.79. The SMILES string of the molecule is CC[C@@]1(CC(=O)O)CCc2cc(-c3ccc(NC(=O)Nc4cccc(C(F)(F)F)c4)cc3)ccc2C1=O. The van der Waals surface area contributed by atoms with Crippen molar-refractivity contribution in [3.63, 3.8) is 0 Å². The van der Waals surface area contributed by atoms with Gasteiger partial charge in [0.25, 0.3) is 0 Å². The second kappa shape index (κ2) is 10.1. The number of aliphatic carboxylic acids is 1. The van der Waals surface area contributed by atoms with Crippen LogP contribution >= 0.6 is 0 Å². The van der Waals surface area contributed by atoms with Crippen molar-refractivity contribution in [3.8, 4) is 11.1 Å². The zero-order valence-electron chi connectivity index (χ0n) is 20.0. The zero-order valence-corrected chi connectivity index (χ0v) is 20.0. The number of halogens is 3. The second-order valence-electron chi connectivity index (χ2n) is 9.14. The van der Waals surface area contributed by atoms with Crippen molar-refractivity contribution in [2.24, 2.45) is 5.41 Å². The van der Waals surface area contributed by atoms with Crippen LogP contribution in [0.4, 0.5) is 29.3 Å². The molecule has 0 saturated carbocycles. The number of hydrogen-bond acceptors (Lipinski definition) is 3. The van der Waals surface area contributed by atoms with Crippen LogP contribution < -0.4 is 10.6 Å². The van der Waals surface area contributed by atoms with E-state index in [0.29, 0.717) is 30.5 Å². The van der Waals surface area contributed by atoms with Crippen molar-refractivity contribution < 1.29 is 32.7 Å². The molecule has 0 unspecified atom stereocenters. The molecule has 37 heavy (non-hydrogen) atoms. The van der Waals surface area contributed by atoms with Crippen LogP contribution in [0.3, 0.4) is 0 Å². The molecule has 6 nitrogen and oxygen atoms in total.